The van der Waals surface area contributed by atoms with Crippen LogP contribution < -0.4 is 25.5 Å². The van der Waals surface area contributed by atoms with Crippen LogP contribution in [0.2, 0.25) is 0 Å². The van der Waals surface area contributed by atoms with Gasteiger partial charge in [0.1, 0.15) is 0 Å². The van der Waals surface area contributed by atoms with E-state index in [1.165, 1.54) is 95.0 Å². The molecule has 4 heteroatoms. The summed E-state index contributed by atoms with van der Waals surface area (Å²) >= 11 is 2.04. The SMILES string of the molecule is CC1=CCC(C2C=CC=CC2C)C=C1N1c2cc3c(cc2B2c4sc5ccc(C(C)(C)C)cc5c4N(C4=CCC(C(C)C)C=C4)c4cc(C)cc1c42)C(C)(C)CCC3(C)C. The van der Waals surface area contributed by atoms with E-state index in [-0.39, 0.29) is 23.0 Å². The van der Waals surface area contributed by atoms with E-state index in [4.69, 9.17) is 0 Å². The van der Waals surface area contributed by atoms with Gasteiger partial charge in [0, 0.05) is 43.3 Å². The van der Waals surface area contributed by atoms with Gasteiger partial charge in [0.25, 0.3) is 6.71 Å². The van der Waals surface area contributed by atoms with Gasteiger partial charge in [-0.05, 0) is 161 Å². The third-order valence-electron chi connectivity index (χ3n) is 15.5. The van der Waals surface area contributed by atoms with Crippen molar-refractivity contribution in [2.45, 2.75) is 125 Å². The van der Waals surface area contributed by atoms with Crippen molar-refractivity contribution >= 4 is 66.6 Å². The summed E-state index contributed by atoms with van der Waals surface area (Å²) in [5.74, 6) is 2.60. The van der Waals surface area contributed by atoms with E-state index in [1.807, 2.05) is 11.3 Å². The van der Waals surface area contributed by atoms with Crippen LogP contribution in [-0.2, 0) is 16.2 Å². The maximum Gasteiger partial charge on any atom is 0.264 e. The highest BCUT2D eigenvalue weighted by atomic mass is 32.1. The number of allylic oxidation sites excluding steroid dienone is 10. The van der Waals surface area contributed by atoms with Gasteiger partial charge in [-0.15, -0.1) is 11.3 Å². The smallest absolute Gasteiger partial charge is 0.264 e. The van der Waals surface area contributed by atoms with Gasteiger partial charge in [0.15, 0.2) is 0 Å². The normalized spacial score (nSPS) is 24.8. The second kappa shape index (κ2) is 13.9. The van der Waals surface area contributed by atoms with Gasteiger partial charge in [0.05, 0.1) is 5.69 Å². The van der Waals surface area contributed by atoms with Crippen molar-refractivity contribution in [2.75, 3.05) is 9.80 Å². The van der Waals surface area contributed by atoms with E-state index < -0.39 is 0 Å². The van der Waals surface area contributed by atoms with Crippen LogP contribution >= 0.6 is 11.3 Å². The zero-order chi connectivity index (χ0) is 42.2. The topological polar surface area (TPSA) is 6.48 Å². The molecule has 0 fully saturated rings. The number of fused-ring (bicyclic) bond motifs is 7. The molecule has 60 heavy (non-hydrogen) atoms. The first-order chi connectivity index (χ1) is 28.4. The van der Waals surface area contributed by atoms with E-state index >= 15 is 0 Å². The van der Waals surface area contributed by atoms with Gasteiger partial charge in [-0.3, -0.25) is 0 Å². The minimum absolute atomic E-state index is 0.0481. The monoisotopic (exact) mass is 808 g/mol. The molecule has 4 aliphatic carbocycles. The Morgan fingerprint density at radius 1 is 0.800 bits per heavy atom. The Hall–Kier alpha value is -4.28. The molecule has 2 nitrogen and oxygen atoms in total. The van der Waals surface area contributed by atoms with Crippen molar-refractivity contribution in [3.05, 3.63) is 136 Å². The van der Waals surface area contributed by atoms with E-state index in [0.717, 1.165) is 12.8 Å². The number of aryl methyl sites for hydroxylation is 1. The molecule has 1 aromatic heterocycles. The molecular formula is C56H65BN2S. The molecule has 3 aromatic carbocycles. The number of hydrogen-bond acceptors (Lipinski definition) is 3. The zero-order valence-corrected chi connectivity index (χ0v) is 39.1. The van der Waals surface area contributed by atoms with Crippen molar-refractivity contribution in [1.82, 2.24) is 0 Å². The number of rotatable bonds is 4. The molecule has 3 heterocycles. The summed E-state index contributed by atoms with van der Waals surface area (Å²) in [6.07, 6.45) is 26.6. The molecule has 4 atom stereocenters. The maximum absolute atomic E-state index is 2.74. The summed E-state index contributed by atoms with van der Waals surface area (Å²) in [4.78, 5) is 5.45. The van der Waals surface area contributed by atoms with Crippen LogP contribution in [0.15, 0.2) is 114 Å². The van der Waals surface area contributed by atoms with Crippen LogP contribution in [-0.4, -0.2) is 6.71 Å². The van der Waals surface area contributed by atoms with Gasteiger partial charge < -0.3 is 9.80 Å². The van der Waals surface area contributed by atoms with Gasteiger partial charge in [0.2, 0.25) is 0 Å². The standard InChI is InChI=1S/C56H65BN2S/c1-33(2)37-19-22-40(23-20-37)58-48-27-34(3)28-49-51(48)57(53-52(58)42-30-39(54(6,7)8)21-24-50(42)60-53)45-31-43-44(56(11,12)26-25-55(43,9)10)32-47(45)59(49)46-29-38(18-17-36(46)5)41-16-14-13-15-35(41)4/h13-17,19,21-24,27-33,35,37-38,41H,18,20,25-26H2,1-12H3. The van der Waals surface area contributed by atoms with Crippen LogP contribution in [0.3, 0.4) is 0 Å². The molecule has 4 aromatic rings. The number of thiophene rings is 1. The molecule has 0 spiro atoms. The fourth-order valence-electron chi connectivity index (χ4n) is 11.6. The summed E-state index contributed by atoms with van der Waals surface area (Å²) in [5, 5.41) is 1.39. The third kappa shape index (κ3) is 6.16. The lowest BCUT2D eigenvalue weighted by Gasteiger charge is -2.48. The fraction of sp³-hybridized carbons (Fsp3) is 0.429. The lowest BCUT2D eigenvalue weighted by atomic mass is 9.35. The predicted molar refractivity (Wildman–Crippen MR) is 263 cm³/mol. The first-order valence-corrected chi connectivity index (χ1v) is 23.9. The van der Waals surface area contributed by atoms with Gasteiger partial charge in [-0.25, -0.2) is 0 Å². The predicted octanol–water partition coefficient (Wildman–Crippen LogP) is 13.6. The van der Waals surface area contributed by atoms with Crippen molar-refractivity contribution in [1.29, 1.82) is 0 Å². The summed E-state index contributed by atoms with van der Waals surface area (Å²) in [6.45, 7) is 29.0. The number of hydrogen-bond donors (Lipinski definition) is 0. The Labute approximate surface area is 365 Å². The number of anilines is 4. The first kappa shape index (κ1) is 39.8. The average Bonchev–Trinajstić information content (AvgIpc) is 3.58. The molecule has 2 aliphatic heterocycles. The molecular weight excluding hydrogens is 744 g/mol. The Kier molecular flexibility index (Phi) is 9.21. The van der Waals surface area contributed by atoms with Crippen molar-refractivity contribution in [3.8, 4) is 0 Å². The molecule has 0 saturated carbocycles. The molecule has 308 valence electrons. The van der Waals surface area contributed by atoms with Gasteiger partial charge >= 0.3 is 0 Å². The largest absolute Gasteiger partial charge is 0.311 e. The first-order valence-electron chi connectivity index (χ1n) is 23.1. The Bertz CT molecular complexity index is 2650. The second-order valence-electron chi connectivity index (χ2n) is 22.0. The van der Waals surface area contributed by atoms with E-state index in [2.05, 4.69) is 190 Å². The Morgan fingerprint density at radius 2 is 1.50 bits per heavy atom. The highest BCUT2D eigenvalue weighted by molar-refractivity contribution is 7.33. The molecule has 10 rings (SSSR count). The molecule has 0 radical (unpaired) electrons. The highest BCUT2D eigenvalue weighted by Gasteiger charge is 2.48. The summed E-state index contributed by atoms with van der Waals surface area (Å²) in [6, 6.07) is 17.8. The van der Waals surface area contributed by atoms with Crippen LogP contribution in [0, 0.1) is 36.5 Å². The fourth-order valence-corrected chi connectivity index (χ4v) is 12.9. The lowest BCUT2D eigenvalue weighted by Crippen LogP contribution is -2.61. The third-order valence-corrected chi connectivity index (χ3v) is 16.8. The van der Waals surface area contributed by atoms with E-state index in [9.17, 15) is 0 Å². The Morgan fingerprint density at radius 3 is 2.17 bits per heavy atom. The number of nitrogens with zero attached hydrogens (tertiary/aromatic N) is 2. The average molecular weight is 809 g/mol. The summed E-state index contributed by atoms with van der Waals surface area (Å²) in [5.41, 5.74) is 18.5. The minimum atomic E-state index is 0.0481. The van der Waals surface area contributed by atoms with E-state index in [1.54, 1.807) is 5.56 Å². The minimum Gasteiger partial charge on any atom is -0.311 e. The lowest BCUT2D eigenvalue weighted by molar-refractivity contribution is 0.332. The van der Waals surface area contributed by atoms with Crippen LogP contribution in [0.1, 0.15) is 124 Å². The Balaban J connectivity index is 1.29. The zero-order valence-electron chi connectivity index (χ0n) is 38.3. The van der Waals surface area contributed by atoms with Gasteiger partial charge in [-0.2, -0.15) is 0 Å². The van der Waals surface area contributed by atoms with Crippen LogP contribution in [0.25, 0.3) is 10.1 Å². The molecule has 4 unspecified atom stereocenters. The highest BCUT2D eigenvalue weighted by Crippen LogP contribution is 2.52. The van der Waals surface area contributed by atoms with Crippen molar-refractivity contribution < 1.29 is 0 Å². The maximum atomic E-state index is 2.74. The van der Waals surface area contributed by atoms with Gasteiger partial charge in [-0.1, -0.05) is 130 Å². The second-order valence-corrected chi connectivity index (χ2v) is 23.1. The van der Waals surface area contributed by atoms with Crippen molar-refractivity contribution in [2.24, 2.45) is 29.6 Å². The van der Waals surface area contributed by atoms with Crippen molar-refractivity contribution in [3.63, 3.8) is 0 Å². The molecule has 0 bridgehead atoms. The van der Waals surface area contributed by atoms with Crippen LogP contribution in [0.5, 0.6) is 0 Å². The summed E-state index contributed by atoms with van der Waals surface area (Å²) in [7, 11) is 0. The number of benzene rings is 3. The molecule has 6 aliphatic rings. The summed E-state index contributed by atoms with van der Waals surface area (Å²) < 4.78 is 2.87. The molecule has 0 saturated heterocycles. The molecule has 0 amide bonds. The quantitative estimate of drug-likeness (QED) is 0.190. The van der Waals surface area contributed by atoms with Crippen LogP contribution in [0.4, 0.5) is 22.7 Å². The molecule has 0 N–H and O–H groups in total. The van der Waals surface area contributed by atoms with E-state index in [0.29, 0.717) is 29.6 Å².